The third-order valence-electron chi connectivity index (χ3n) is 9.69. The fraction of sp³-hybridized carbons (Fsp3) is 0.0222. The van der Waals surface area contributed by atoms with Crippen LogP contribution in [0.25, 0.3) is 34.4 Å². The highest BCUT2D eigenvalue weighted by atomic mass is 15.1. The van der Waals surface area contributed by atoms with E-state index in [9.17, 15) is 0 Å². The fourth-order valence-electron chi connectivity index (χ4n) is 7.83. The van der Waals surface area contributed by atoms with Gasteiger partial charge in [-0.2, -0.15) is 0 Å². The normalized spacial score (nSPS) is 13.3. The van der Waals surface area contributed by atoms with Crippen molar-refractivity contribution in [3.8, 4) is 22.3 Å². The smallest absolute Gasteiger partial charge is 0.0725 e. The molecular weight excluding hydrogens is 555 g/mol. The Labute approximate surface area is 270 Å². The van der Waals surface area contributed by atoms with E-state index in [1.807, 2.05) is 0 Å². The van der Waals surface area contributed by atoms with E-state index in [2.05, 4.69) is 193 Å². The van der Waals surface area contributed by atoms with Crippen LogP contribution in [0.1, 0.15) is 33.4 Å². The molecule has 1 nitrogen and oxygen atoms in total. The molecule has 2 aliphatic carbocycles. The van der Waals surface area contributed by atoms with Crippen molar-refractivity contribution in [2.24, 2.45) is 0 Å². The number of nitrogens with zero attached hydrogens (tertiary/aromatic N) is 1. The highest BCUT2D eigenvalue weighted by molar-refractivity contribution is 5.98. The van der Waals surface area contributed by atoms with Crippen molar-refractivity contribution >= 4 is 29.2 Å². The molecule has 2 aliphatic rings. The Kier molecular flexibility index (Phi) is 6.11. The summed E-state index contributed by atoms with van der Waals surface area (Å²) in [5, 5.41) is 0. The molecule has 0 radical (unpaired) electrons. The third-order valence-corrected chi connectivity index (χ3v) is 9.69. The largest absolute Gasteiger partial charge is 0.311 e. The Morgan fingerprint density at radius 3 is 1.39 bits per heavy atom. The minimum atomic E-state index is -0.317. The van der Waals surface area contributed by atoms with Gasteiger partial charge in [-0.1, -0.05) is 152 Å². The van der Waals surface area contributed by atoms with Crippen LogP contribution in [-0.4, -0.2) is 0 Å². The van der Waals surface area contributed by atoms with Crippen molar-refractivity contribution in [3.63, 3.8) is 0 Å². The molecule has 0 aliphatic heterocycles. The van der Waals surface area contributed by atoms with Crippen molar-refractivity contribution in [2.45, 2.75) is 5.41 Å². The van der Waals surface area contributed by atoms with Gasteiger partial charge >= 0.3 is 0 Å². The molecule has 1 spiro atoms. The maximum Gasteiger partial charge on any atom is 0.0725 e. The standard InChI is InChI=1S/C45H31N/c1-3-15-34(16-4-1)46(35-17-5-2-6-18-35)36-30-27-32(28-31-36)26-29-33-14-13-25-43-44(33)39-21-9-12-24-42(39)45(43)40-22-10-7-19-37(40)38-20-8-11-23-41(38)45/h1-31H/b29-26+. The minimum absolute atomic E-state index is 0.317. The average Bonchev–Trinajstić information content (AvgIpc) is 3.60. The van der Waals surface area contributed by atoms with Crippen LogP contribution in [0.5, 0.6) is 0 Å². The van der Waals surface area contributed by atoms with E-state index in [0.29, 0.717) is 0 Å². The Morgan fingerprint density at radius 1 is 0.348 bits per heavy atom. The molecule has 1 heteroatoms. The van der Waals surface area contributed by atoms with Crippen LogP contribution in [-0.2, 0) is 5.41 Å². The number of para-hydroxylation sites is 2. The molecule has 9 rings (SSSR count). The minimum Gasteiger partial charge on any atom is -0.311 e. The van der Waals surface area contributed by atoms with Crippen LogP contribution < -0.4 is 4.90 Å². The summed E-state index contributed by atoms with van der Waals surface area (Å²) in [7, 11) is 0. The third kappa shape index (κ3) is 3.89. The number of benzene rings is 7. The fourth-order valence-corrected chi connectivity index (χ4v) is 7.83. The van der Waals surface area contributed by atoms with Gasteiger partial charge in [0.1, 0.15) is 0 Å². The Balaban J connectivity index is 1.14. The quantitative estimate of drug-likeness (QED) is 0.182. The van der Waals surface area contributed by atoms with Gasteiger partial charge in [0.15, 0.2) is 0 Å². The van der Waals surface area contributed by atoms with Gasteiger partial charge in [0.25, 0.3) is 0 Å². The lowest BCUT2D eigenvalue weighted by atomic mass is 9.70. The average molecular weight is 586 g/mol. The molecule has 0 fully saturated rings. The summed E-state index contributed by atoms with van der Waals surface area (Å²) in [4.78, 5) is 2.30. The van der Waals surface area contributed by atoms with Crippen molar-refractivity contribution in [1.82, 2.24) is 0 Å². The van der Waals surface area contributed by atoms with E-state index in [4.69, 9.17) is 0 Å². The number of hydrogen-bond donors (Lipinski definition) is 0. The van der Waals surface area contributed by atoms with Crippen molar-refractivity contribution in [1.29, 1.82) is 0 Å². The van der Waals surface area contributed by atoms with Crippen LogP contribution >= 0.6 is 0 Å². The van der Waals surface area contributed by atoms with Gasteiger partial charge in [0, 0.05) is 17.1 Å². The lowest BCUT2D eigenvalue weighted by Crippen LogP contribution is -2.25. The second-order valence-corrected chi connectivity index (χ2v) is 12.1. The van der Waals surface area contributed by atoms with E-state index in [1.165, 1.54) is 55.6 Å². The SMILES string of the molecule is C(=C\c1cccc2c1-c1ccccc1C21c2ccccc2-c2ccccc21)/c1ccc(N(c2ccccc2)c2ccccc2)cc1. The Morgan fingerprint density at radius 2 is 0.804 bits per heavy atom. The maximum atomic E-state index is 2.35. The highest BCUT2D eigenvalue weighted by Crippen LogP contribution is 2.63. The molecule has 0 saturated heterocycles. The summed E-state index contributed by atoms with van der Waals surface area (Å²) in [6, 6.07) is 63.8. The highest BCUT2D eigenvalue weighted by Gasteiger charge is 2.51. The summed E-state index contributed by atoms with van der Waals surface area (Å²) in [6.07, 6.45) is 4.54. The summed E-state index contributed by atoms with van der Waals surface area (Å²) < 4.78 is 0. The number of fused-ring (bicyclic) bond motifs is 10. The Bertz CT molecular complexity index is 2160. The van der Waals surface area contributed by atoms with Gasteiger partial charge in [0.05, 0.1) is 5.41 Å². The molecule has 7 aromatic carbocycles. The van der Waals surface area contributed by atoms with E-state index in [-0.39, 0.29) is 5.41 Å². The zero-order valence-electron chi connectivity index (χ0n) is 25.3. The molecule has 0 atom stereocenters. The number of hydrogen-bond acceptors (Lipinski definition) is 1. The summed E-state index contributed by atoms with van der Waals surface area (Å²) in [5.74, 6) is 0. The second-order valence-electron chi connectivity index (χ2n) is 12.1. The first kappa shape index (κ1) is 26.5. The molecule has 0 unspecified atom stereocenters. The van der Waals surface area contributed by atoms with E-state index >= 15 is 0 Å². The van der Waals surface area contributed by atoms with Gasteiger partial charge in [0.2, 0.25) is 0 Å². The predicted molar refractivity (Wildman–Crippen MR) is 193 cm³/mol. The summed E-state index contributed by atoms with van der Waals surface area (Å²) in [5.41, 5.74) is 16.3. The van der Waals surface area contributed by atoms with Crippen molar-refractivity contribution < 1.29 is 0 Å². The maximum absolute atomic E-state index is 2.35. The molecule has 0 heterocycles. The molecular formula is C45H31N. The van der Waals surface area contributed by atoms with Gasteiger partial charge in [-0.25, -0.2) is 0 Å². The molecule has 0 saturated carbocycles. The first-order valence-corrected chi connectivity index (χ1v) is 16.0. The first-order valence-electron chi connectivity index (χ1n) is 16.0. The van der Waals surface area contributed by atoms with Crippen LogP contribution in [0.4, 0.5) is 17.1 Å². The predicted octanol–water partition coefficient (Wildman–Crippen LogP) is 11.7. The van der Waals surface area contributed by atoms with Crippen LogP contribution in [0.2, 0.25) is 0 Å². The van der Waals surface area contributed by atoms with Crippen LogP contribution in [0.15, 0.2) is 176 Å². The summed E-state index contributed by atoms with van der Waals surface area (Å²) in [6.45, 7) is 0. The molecule has 7 aromatic rings. The topological polar surface area (TPSA) is 3.24 Å². The molecule has 216 valence electrons. The molecule has 0 aromatic heterocycles. The zero-order valence-corrected chi connectivity index (χ0v) is 25.3. The monoisotopic (exact) mass is 585 g/mol. The molecule has 0 bridgehead atoms. The van der Waals surface area contributed by atoms with Gasteiger partial charge in [-0.3, -0.25) is 0 Å². The van der Waals surface area contributed by atoms with Gasteiger partial charge < -0.3 is 4.90 Å². The lowest BCUT2D eigenvalue weighted by molar-refractivity contribution is 0.793. The van der Waals surface area contributed by atoms with Crippen molar-refractivity contribution in [2.75, 3.05) is 4.90 Å². The zero-order chi connectivity index (χ0) is 30.5. The van der Waals surface area contributed by atoms with Crippen molar-refractivity contribution in [3.05, 3.63) is 209 Å². The van der Waals surface area contributed by atoms with Crippen LogP contribution in [0, 0.1) is 0 Å². The number of anilines is 3. The molecule has 46 heavy (non-hydrogen) atoms. The second kappa shape index (κ2) is 10.6. The van der Waals surface area contributed by atoms with Gasteiger partial charge in [-0.05, 0) is 92.0 Å². The van der Waals surface area contributed by atoms with Gasteiger partial charge in [-0.15, -0.1) is 0 Å². The summed E-state index contributed by atoms with van der Waals surface area (Å²) >= 11 is 0. The lowest BCUT2D eigenvalue weighted by Gasteiger charge is -2.30. The number of rotatable bonds is 5. The Hall–Kier alpha value is -5.92. The van der Waals surface area contributed by atoms with E-state index in [0.717, 1.165) is 17.1 Å². The molecule has 0 N–H and O–H groups in total. The van der Waals surface area contributed by atoms with E-state index in [1.54, 1.807) is 0 Å². The van der Waals surface area contributed by atoms with Crippen LogP contribution in [0.3, 0.4) is 0 Å². The van der Waals surface area contributed by atoms with E-state index < -0.39 is 0 Å². The molecule has 0 amide bonds. The first-order chi connectivity index (χ1) is 22.8.